The van der Waals surface area contributed by atoms with Crippen LogP contribution >= 0.6 is 0 Å². The van der Waals surface area contributed by atoms with Gasteiger partial charge in [-0.05, 0) is 6.42 Å². The molecule has 0 N–H and O–H groups in total. The zero-order valence-electron chi connectivity index (χ0n) is 7.03. The van der Waals surface area contributed by atoms with Crippen molar-refractivity contribution < 1.29 is 13.2 Å². The molecule has 0 saturated carbocycles. The number of morpholine rings is 1. The average molecular weight is 192 g/mol. The van der Waals surface area contributed by atoms with Crippen molar-refractivity contribution in [3.63, 3.8) is 0 Å². The van der Waals surface area contributed by atoms with Gasteiger partial charge in [0, 0.05) is 13.1 Å². The largest absolute Gasteiger partial charge is 0.379 e. The summed E-state index contributed by atoms with van der Waals surface area (Å²) in [6.45, 7) is 5.53. The van der Waals surface area contributed by atoms with E-state index in [2.05, 4.69) is 6.92 Å². The fraction of sp³-hybridized carbons (Fsp3) is 0.857. The molecule has 12 heavy (non-hydrogen) atoms. The SMILES string of the molecule is [CH2]CCS(=O)(=O)N1CCOCC1. The number of ether oxygens (including phenoxy) is 1. The molecule has 0 bridgehead atoms. The molecule has 1 saturated heterocycles. The quantitative estimate of drug-likeness (QED) is 0.626. The fourth-order valence-electron chi connectivity index (χ4n) is 1.14. The summed E-state index contributed by atoms with van der Waals surface area (Å²) in [7, 11) is -3.04. The van der Waals surface area contributed by atoms with E-state index in [1.54, 1.807) is 0 Å². The van der Waals surface area contributed by atoms with Crippen molar-refractivity contribution in [1.29, 1.82) is 0 Å². The molecule has 0 aliphatic carbocycles. The number of nitrogens with zero attached hydrogens (tertiary/aromatic N) is 1. The Morgan fingerprint density at radius 2 is 1.92 bits per heavy atom. The topological polar surface area (TPSA) is 46.6 Å². The van der Waals surface area contributed by atoms with Gasteiger partial charge in [-0.3, -0.25) is 0 Å². The minimum atomic E-state index is -3.04. The summed E-state index contributed by atoms with van der Waals surface area (Å²) < 4.78 is 29.4. The number of hydrogen-bond donors (Lipinski definition) is 0. The maximum atomic E-state index is 11.4. The van der Waals surface area contributed by atoms with Crippen LogP contribution in [0.4, 0.5) is 0 Å². The Bertz CT molecular complexity index is 219. The van der Waals surface area contributed by atoms with E-state index in [1.165, 1.54) is 4.31 Å². The van der Waals surface area contributed by atoms with E-state index in [0.717, 1.165) is 0 Å². The number of rotatable bonds is 3. The van der Waals surface area contributed by atoms with E-state index < -0.39 is 10.0 Å². The molecule has 1 aliphatic rings. The highest BCUT2D eigenvalue weighted by Crippen LogP contribution is 2.06. The number of hydrogen-bond acceptors (Lipinski definition) is 3. The van der Waals surface area contributed by atoms with Crippen molar-refractivity contribution in [3.05, 3.63) is 6.92 Å². The minimum absolute atomic E-state index is 0.146. The lowest BCUT2D eigenvalue weighted by molar-refractivity contribution is 0.0730. The molecule has 0 spiro atoms. The molecule has 4 nitrogen and oxygen atoms in total. The van der Waals surface area contributed by atoms with E-state index in [9.17, 15) is 8.42 Å². The normalized spacial score (nSPS) is 21.1. The van der Waals surface area contributed by atoms with Crippen LogP contribution in [0.5, 0.6) is 0 Å². The van der Waals surface area contributed by atoms with E-state index >= 15 is 0 Å². The minimum Gasteiger partial charge on any atom is -0.379 e. The van der Waals surface area contributed by atoms with Gasteiger partial charge >= 0.3 is 0 Å². The number of sulfonamides is 1. The molecular weight excluding hydrogens is 178 g/mol. The van der Waals surface area contributed by atoms with Gasteiger partial charge in [0.15, 0.2) is 0 Å². The van der Waals surface area contributed by atoms with E-state index in [1.807, 2.05) is 0 Å². The first-order valence-corrected chi connectivity index (χ1v) is 5.62. The van der Waals surface area contributed by atoms with Crippen LogP contribution in [-0.4, -0.2) is 44.8 Å². The lowest BCUT2D eigenvalue weighted by Gasteiger charge is -2.25. The van der Waals surface area contributed by atoms with Crippen molar-refractivity contribution in [2.45, 2.75) is 6.42 Å². The third-order valence-electron chi connectivity index (χ3n) is 1.77. The first-order chi connectivity index (χ1) is 5.67. The third-order valence-corrected chi connectivity index (χ3v) is 3.72. The molecule has 1 heterocycles. The monoisotopic (exact) mass is 192 g/mol. The summed E-state index contributed by atoms with van der Waals surface area (Å²) in [5.41, 5.74) is 0. The van der Waals surface area contributed by atoms with Gasteiger partial charge in [0.2, 0.25) is 10.0 Å². The van der Waals surface area contributed by atoms with Gasteiger partial charge < -0.3 is 4.74 Å². The van der Waals surface area contributed by atoms with Crippen LogP contribution in [-0.2, 0) is 14.8 Å². The summed E-state index contributed by atoms with van der Waals surface area (Å²) in [5, 5.41) is 0. The van der Waals surface area contributed by atoms with Crippen molar-refractivity contribution in [1.82, 2.24) is 4.31 Å². The predicted octanol–water partition coefficient (Wildman–Crippen LogP) is -0.127. The average Bonchev–Trinajstić information content (AvgIpc) is 2.06. The predicted molar refractivity (Wildman–Crippen MR) is 46.2 cm³/mol. The molecule has 0 amide bonds. The third kappa shape index (κ3) is 2.43. The van der Waals surface area contributed by atoms with Crippen LogP contribution in [0.2, 0.25) is 0 Å². The molecular formula is C7H14NO3S. The van der Waals surface area contributed by atoms with Crippen molar-refractivity contribution in [2.24, 2.45) is 0 Å². The highest BCUT2D eigenvalue weighted by Gasteiger charge is 2.22. The lowest BCUT2D eigenvalue weighted by atomic mass is 10.5. The molecule has 0 aromatic carbocycles. The molecule has 1 fully saturated rings. The highest BCUT2D eigenvalue weighted by atomic mass is 32.2. The zero-order valence-corrected chi connectivity index (χ0v) is 7.85. The molecule has 0 aromatic rings. The van der Waals surface area contributed by atoms with Gasteiger partial charge in [0.05, 0.1) is 19.0 Å². The first kappa shape index (κ1) is 9.95. The van der Waals surface area contributed by atoms with E-state index in [4.69, 9.17) is 4.74 Å². The van der Waals surface area contributed by atoms with Gasteiger partial charge in [0.1, 0.15) is 0 Å². The fourth-order valence-corrected chi connectivity index (χ4v) is 2.46. The van der Waals surface area contributed by atoms with Gasteiger partial charge in [0.25, 0.3) is 0 Å². The molecule has 1 radical (unpaired) electrons. The van der Waals surface area contributed by atoms with Crippen LogP contribution in [0.15, 0.2) is 0 Å². The second-order valence-corrected chi connectivity index (χ2v) is 4.77. The summed E-state index contributed by atoms with van der Waals surface area (Å²) in [5.74, 6) is 0.146. The summed E-state index contributed by atoms with van der Waals surface area (Å²) in [6, 6.07) is 0. The Morgan fingerprint density at radius 1 is 1.33 bits per heavy atom. The van der Waals surface area contributed by atoms with Crippen molar-refractivity contribution >= 4 is 10.0 Å². The Labute approximate surface area is 73.6 Å². The molecule has 5 heteroatoms. The Kier molecular flexibility index (Phi) is 3.49. The van der Waals surface area contributed by atoms with Crippen LogP contribution in [0.1, 0.15) is 6.42 Å². The molecule has 0 unspecified atom stereocenters. The second-order valence-electron chi connectivity index (χ2n) is 2.68. The van der Waals surface area contributed by atoms with E-state index in [0.29, 0.717) is 32.7 Å². The van der Waals surface area contributed by atoms with Crippen LogP contribution in [0.3, 0.4) is 0 Å². The Morgan fingerprint density at radius 3 is 2.42 bits per heavy atom. The van der Waals surface area contributed by atoms with Crippen molar-refractivity contribution in [3.8, 4) is 0 Å². The lowest BCUT2D eigenvalue weighted by Crippen LogP contribution is -2.41. The zero-order chi connectivity index (χ0) is 9.03. The first-order valence-electron chi connectivity index (χ1n) is 4.01. The molecule has 0 aromatic heterocycles. The second kappa shape index (κ2) is 4.20. The molecule has 1 rings (SSSR count). The highest BCUT2D eigenvalue weighted by molar-refractivity contribution is 7.89. The van der Waals surface area contributed by atoms with Crippen LogP contribution in [0.25, 0.3) is 0 Å². The molecule has 71 valence electrons. The molecule has 0 atom stereocenters. The van der Waals surface area contributed by atoms with Crippen LogP contribution < -0.4 is 0 Å². The summed E-state index contributed by atoms with van der Waals surface area (Å²) in [6.07, 6.45) is 0.430. The van der Waals surface area contributed by atoms with Gasteiger partial charge in [-0.25, -0.2) is 8.42 Å². The van der Waals surface area contributed by atoms with Gasteiger partial charge in [-0.2, -0.15) is 4.31 Å². The van der Waals surface area contributed by atoms with Crippen molar-refractivity contribution in [2.75, 3.05) is 32.1 Å². The maximum Gasteiger partial charge on any atom is 0.214 e. The van der Waals surface area contributed by atoms with Gasteiger partial charge in [-0.1, -0.05) is 6.92 Å². The molecule has 1 aliphatic heterocycles. The van der Waals surface area contributed by atoms with Crippen LogP contribution in [0, 0.1) is 6.92 Å². The van der Waals surface area contributed by atoms with E-state index in [-0.39, 0.29) is 5.75 Å². The standard InChI is InChI=1S/C7H14NO3S/c1-2-7-12(9,10)8-3-5-11-6-4-8/h1-7H2. The smallest absolute Gasteiger partial charge is 0.214 e. The maximum absolute atomic E-state index is 11.4. The summed E-state index contributed by atoms with van der Waals surface area (Å²) in [4.78, 5) is 0. The summed E-state index contributed by atoms with van der Waals surface area (Å²) >= 11 is 0. The Hall–Kier alpha value is -0.130. The van der Waals surface area contributed by atoms with Gasteiger partial charge in [-0.15, -0.1) is 0 Å². The Balaban J connectivity index is 2.54.